The number of hydrogen-bond acceptors (Lipinski definition) is 2. The topological polar surface area (TPSA) is 38.1 Å². The molecule has 0 radical (unpaired) electrons. The van der Waals surface area contributed by atoms with Crippen molar-refractivity contribution in [3.63, 3.8) is 0 Å². The largest absolute Gasteiger partial charge is 0.387 e. The zero-order chi connectivity index (χ0) is 11.3. The summed E-state index contributed by atoms with van der Waals surface area (Å²) in [5, 5.41) is 14.3. The molecule has 3 nitrogen and oxygen atoms in total. The van der Waals surface area contributed by atoms with Gasteiger partial charge in [0, 0.05) is 6.54 Å². The smallest absolute Gasteiger partial charge is 0.0968 e. The Bertz CT molecular complexity index is 299. The summed E-state index contributed by atoms with van der Waals surface area (Å²) in [5.41, 5.74) is 0.922. The highest BCUT2D eigenvalue weighted by Gasteiger charge is 2.16. The molecule has 1 atom stereocenters. The summed E-state index contributed by atoms with van der Waals surface area (Å²) in [4.78, 5) is 0. The number of halogens is 1. The van der Waals surface area contributed by atoms with E-state index < -0.39 is 6.10 Å². The Morgan fingerprint density at radius 3 is 2.80 bits per heavy atom. The number of nitrogens with zero attached hydrogens (tertiary/aromatic N) is 2. The van der Waals surface area contributed by atoms with Gasteiger partial charge in [-0.1, -0.05) is 26.7 Å². The highest BCUT2D eigenvalue weighted by molar-refractivity contribution is 9.10. The SMILES string of the molecule is CCCCC(O)c1c(Br)cnn1CCC. The maximum Gasteiger partial charge on any atom is 0.0968 e. The van der Waals surface area contributed by atoms with Gasteiger partial charge in [0.1, 0.15) is 0 Å². The average Bonchev–Trinajstić information content (AvgIpc) is 2.57. The van der Waals surface area contributed by atoms with Crippen LogP contribution in [-0.2, 0) is 6.54 Å². The maximum absolute atomic E-state index is 10.0. The standard InChI is InChI=1S/C11H19BrN2O/c1-3-5-6-10(15)11-9(12)8-13-14(11)7-4-2/h8,10,15H,3-7H2,1-2H3. The van der Waals surface area contributed by atoms with E-state index in [0.717, 1.165) is 42.4 Å². The lowest BCUT2D eigenvalue weighted by atomic mass is 10.1. The quantitative estimate of drug-likeness (QED) is 0.865. The van der Waals surface area contributed by atoms with Crippen molar-refractivity contribution in [2.45, 2.75) is 52.2 Å². The van der Waals surface area contributed by atoms with Crippen molar-refractivity contribution in [3.8, 4) is 0 Å². The zero-order valence-corrected chi connectivity index (χ0v) is 11.0. The molecule has 1 aromatic heterocycles. The fraction of sp³-hybridized carbons (Fsp3) is 0.727. The first-order valence-electron chi connectivity index (χ1n) is 5.60. The molecule has 0 fully saturated rings. The van der Waals surface area contributed by atoms with Crippen LogP contribution in [0.25, 0.3) is 0 Å². The fourth-order valence-electron chi connectivity index (χ4n) is 1.63. The van der Waals surface area contributed by atoms with E-state index in [9.17, 15) is 5.11 Å². The minimum atomic E-state index is -0.395. The Morgan fingerprint density at radius 1 is 1.47 bits per heavy atom. The first-order valence-corrected chi connectivity index (χ1v) is 6.39. The van der Waals surface area contributed by atoms with Crippen LogP contribution in [0.4, 0.5) is 0 Å². The van der Waals surface area contributed by atoms with Crippen LogP contribution in [0.15, 0.2) is 10.7 Å². The van der Waals surface area contributed by atoms with Crippen molar-refractivity contribution in [2.24, 2.45) is 0 Å². The molecular weight excluding hydrogens is 256 g/mol. The second kappa shape index (κ2) is 6.28. The second-order valence-corrected chi connectivity index (χ2v) is 4.61. The monoisotopic (exact) mass is 274 g/mol. The highest BCUT2D eigenvalue weighted by atomic mass is 79.9. The number of aliphatic hydroxyl groups excluding tert-OH is 1. The van der Waals surface area contributed by atoms with Gasteiger partial charge < -0.3 is 5.11 Å². The third-order valence-electron chi connectivity index (χ3n) is 2.42. The number of unbranched alkanes of at least 4 members (excludes halogenated alkanes) is 1. The van der Waals surface area contributed by atoms with E-state index in [0.29, 0.717) is 0 Å². The molecule has 1 heterocycles. The Kier molecular flexibility index (Phi) is 5.32. The first-order chi connectivity index (χ1) is 7.20. The molecule has 0 aliphatic heterocycles. The van der Waals surface area contributed by atoms with Crippen LogP contribution < -0.4 is 0 Å². The molecule has 0 aliphatic carbocycles. The van der Waals surface area contributed by atoms with Gasteiger partial charge in [0.15, 0.2) is 0 Å². The third-order valence-corrected chi connectivity index (χ3v) is 3.03. The summed E-state index contributed by atoms with van der Waals surface area (Å²) in [5.74, 6) is 0. The predicted octanol–water partition coefficient (Wildman–Crippen LogP) is 3.28. The molecule has 4 heteroatoms. The predicted molar refractivity (Wildman–Crippen MR) is 64.7 cm³/mol. The van der Waals surface area contributed by atoms with Gasteiger partial charge in [0.25, 0.3) is 0 Å². The molecule has 1 rings (SSSR count). The van der Waals surface area contributed by atoms with Crippen LogP contribution in [0.3, 0.4) is 0 Å². The number of aromatic nitrogens is 2. The van der Waals surface area contributed by atoms with Crippen molar-refractivity contribution >= 4 is 15.9 Å². The van der Waals surface area contributed by atoms with Gasteiger partial charge in [-0.15, -0.1) is 0 Å². The molecule has 0 aliphatic rings. The van der Waals surface area contributed by atoms with E-state index in [1.807, 2.05) is 4.68 Å². The van der Waals surface area contributed by atoms with Gasteiger partial charge in [-0.05, 0) is 28.8 Å². The van der Waals surface area contributed by atoms with Gasteiger partial charge in [0.05, 0.1) is 22.5 Å². The van der Waals surface area contributed by atoms with Crippen molar-refractivity contribution in [1.82, 2.24) is 9.78 Å². The normalized spacial score (nSPS) is 13.1. The number of aryl methyl sites for hydroxylation is 1. The van der Waals surface area contributed by atoms with Gasteiger partial charge >= 0.3 is 0 Å². The van der Waals surface area contributed by atoms with Crippen molar-refractivity contribution in [1.29, 1.82) is 0 Å². The van der Waals surface area contributed by atoms with E-state index in [1.165, 1.54) is 0 Å². The molecule has 0 spiro atoms. The summed E-state index contributed by atoms with van der Waals surface area (Å²) in [6.45, 7) is 5.10. The van der Waals surface area contributed by atoms with Crippen LogP contribution in [-0.4, -0.2) is 14.9 Å². The van der Waals surface area contributed by atoms with Gasteiger partial charge in [0.2, 0.25) is 0 Å². The number of hydrogen-bond donors (Lipinski definition) is 1. The van der Waals surface area contributed by atoms with Crippen LogP contribution in [0.5, 0.6) is 0 Å². The Morgan fingerprint density at radius 2 is 2.20 bits per heavy atom. The van der Waals surface area contributed by atoms with Crippen LogP contribution >= 0.6 is 15.9 Å². The van der Waals surface area contributed by atoms with Crippen molar-refractivity contribution in [3.05, 3.63) is 16.4 Å². The molecule has 1 aromatic rings. The lowest BCUT2D eigenvalue weighted by Gasteiger charge is -2.13. The van der Waals surface area contributed by atoms with Crippen molar-refractivity contribution < 1.29 is 5.11 Å². The van der Waals surface area contributed by atoms with Gasteiger partial charge in [-0.25, -0.2) is 0 Å². The van der Waals surface area contributed by atoms with Crippen LogP contribution in [0.2, 0.25) is 0 Å². The summed E-state index contributed by atoms with van der Waals surface area (Å²) in [7, 11) is 0. The Hall–Kier alpha value is -0.350. The molecule has 15 heavy (non-hydrogen) atoms. The summed E-state index contributed by atoms with van der Waals surface area (Å²) < 4.78 is 2.81. The lowest BCUT2D eigenvalue weighted by molar-refractivity contribution is 0.152. The molecule has 1 N–H and O–H groups in total. The molecule has 0 amide bonds. The fourth-order valence-corrected chi connectivity index (χ4v) is 2.19. The van der Waals surface area contributed by atoms with E-state index in [2.05, 4.69) is 34.9 Å². The molecule has 0 aromatic carbocycles. The molecule has 0 saturated heterocycles. The highest BCUT2D eigenvalue weighted by Crippen LogP contribution is 2.26. The summed E-state index contributed by atoms with van der Waals surface area (Å²) >= 11 is 3.44. The molecular formula is C11H19BrN2O. The Labute approximate surface area is 99.6 Å². The number of aliphatic hydroxyl groups is 1. The van der Waals surface area contributed by atoms with Crippen molar-refractivity contribution in [2.75, 3.05) is 0 Å². The van der Waals surface area contributed by atoms with Gasteiger partial charge in [-0.2, -0.15) is 5.10 Å². The maximum atomic E-state index is 10.0. The molecule has 86 valence electrons. The van der Waals surface area contributed by atoms with E-state index in [4.69, 9.17) is 0 Å². The summed E-state index contributed by atoms with van der Waals surface area (Å²) in [6, 6.07) is 0. The third kappa shape index (κ3) is 3.31. The average molecular weight is 275 g/mol. The second-order valence-electron chi connectivity index (χ2n) is 3.76. The summed E-state index contributed by atoms with van der Waals surface area (Å²) in [6.07, 6.45) is 5.36. The van der Waals surface area contributed by atoms with E-state index >= 15 is 0 Å². The zero-order valence-electron chi connectivity index (χ0n) is 9.41. The Balaban J connectivity index is 2.75. The van der Waals surface area contributed by atoms with E-state index in [1.54, 1.807) is 6.20 Å². The minimum absolute atomic E-state index is 0.395. The first kappa shape index (κ1) is 12.7. The number of rotatable bonds is 6. The molecule has 0 bridgehead atoms. The molecule has 1 unspecified atom stereocenters. The lowest BCUT2D eigenvalue weighted by Crippen LogP contribution is -2.09. The van der Waals surface area contributed by atoms with Crippen LogP contribution in [0.1, 0.15) is 51.3 Å². The molecule has 0 saturated carbocycles. The van der Waals surface area contributed by atoms with Crippen LogP contribution in [0, 0.1) is 0 Å². The van der Waals surface area contributed by atoms with E-state index in [-0.39, 0.29) is 0 Å². The minimum Gasteiger partial charge on any atom is -0.387 e. The van der Waals surface area contributed by atoms with Gasteiger partial charge in [-0.3, -0.25) is 4.68 Å².